The van der Waals surface area contributed by atoms with Gasteiger partial charge in [-0.05, 0) is 42.5 Å². The summed E-state index contributed by atoms with van der Waals surface area (Å²) in [7, 11) is 6.75. The fourth-order valence-corrected chi connectivity index (χ4v) is 2.36. The fraction of sp³-hybridized carbons (Fsp3) is 0.250. The maximum Gasteiger partial charge on any atom is 0.253 e. The number of carbonyl (C=O) groups is 3. The second-order valence-corrected chi connectivity index (χ2v) is 6.46. The topological polar surface area (TPSA) is 81.8 Å². The summed E-state index contributed by atoms with van der Waals surface area (Å²) in [4.78, 5) is 38.9. The molecule has 0 aliphatic carbocycles. The molecule has 2 N–H and O–H groups in total. The number of rotatable bonds is 6. The molecule has 0 aromatic heterocycles. The second kappa shape index (κ2) is 8.84. The van der Waals surface area contributed by atoms with Gasteiger partial charge in [-0.15, -0.1) is 0 Å². The average molecular weight is 368 g/mol. The van der Waals surface area contributed by atoms with Crippen molar-refractivity contribution in [1.82, 2.24) is 9.80 Å². The van der Waals surface area contributed by atoms with Crippen LogP contribution in [-0.2, 0) is 4.79 Å². The molecule has 7 heteroatoms. The maximum absolute atomic E-state index is 12.1. The summed E-state index contributed by atoms with van der Waals surface area (Å²) < 4.78 is 0. The number of nitrogens with one attached hydrogen (secondary N) is 2. The molecule has 0 atom stereocenters. The third-order valence-electron chi connectivity index (χ3n) is 3.79. The van der Waals surface area contributed by atoms with E-state index < -0.39 is 0 Å². The summed E-state index contributed by atoms with van der Waals surface area (Å²) in [6.45, 7) is 0.0536. The second-order valence-electron chi connectivity index (χ2n) is 6.46. The van der Waals surface area contributed by atoms with E-state index in [1.54, 1.807) is 76.7 Å². The van der Waals surface area contributed by atoms with Crippen LogP contribution in [0.4, 0.5) is 11.4 Å². The summed E-state index contributed by atoms with van der Waals surface area (Å²) in [5.74, 6) is -0.428. The molecule has 0 fully saturated rings. The van der Waals surface area contributed by atoms with E-state index in [4.69, 9.17) is 0 Å². The van der Waals surface area contributed by atoms with Crippen LogP contribution < -0.4 is 10.6 Å². The SMILES string of the molecule is CN(C)C(=O)c1ccc(NC(=O)CNc2cccc(C(=O)N(C)C)c2)cc1. The molecule has 2 aromatic carbocycles. The van der Waals surface area contributed by atoms with Gasteiger partial charge in [-0.2, -0.15) is 0 Å². The molecule has 27 heavy (non-hydrogen) atoms. The molecule has 2 rings (SSSR count). The van der Waals surface area contributed by atoms with Gasteiger partial charge in [-0.3, -0.25) is 14.4 Å². The van der Waals surface area contributed by atoms with Gasteiger partial charge in [0.05, 0.1) is 6.54 Å². The number of hydrogen-bond acceptors (Lipinski definition) is 4. The Bertz CT molecular complexity index is 829. The van der Waals surface area contributed by atoms with Crippen molar-refractivity contribution in [3.8, 4) is 0 Å². The molecule has 0 saturated heterocycles. The number of benzene rings is 2. The van der Waals surface area contributed by atoms with Gasteiger partial charge in [0.25, 0.3) is 11.8 Å². The molecule has 7 nitrogen and oxygen atoms in total. The minimum Gasteiger partial charge on any atom is -0.376 e. The number of amides is 3. The first-order valence-corrected chi connectivity index (χ1v) is 8.45. The highest BCUT2D eigenvalue weighted by Gasteiger charge is 2.10. The molecule has 0 radical (unpaired) electrons. The molecule has 0 spiro atoms. The van der Waals surface area contributed by atoms with Crippen molar-refractivity contribution >= 4 is 29.1 Å². The predicted molar refractivity (Wildman–Crippen MR) is 106 cm³/mol. The summed E-state index contributed by atoms with van der Waals surface area (Å²) in [5.41, 5.74) is 2.39. The number of anilines is 2. The van der Waals surface area contributed by atoms with Gasteiger partial charge in [0.1, 0.15) is 0 Å². The minimum atomic E-state index is -0.231. The van der Waals surface area contributed by atoms with E-state index in [1.807, 2.05) is 0 Å². The van der Waals surface area contributed by atoms with Crippen molar-refractivity contribution in [2.75, 3.05) is 45.4 Å². The molecular weight excluding hydrogens is 344 g/mol. The van der Waals surface area contributed by atoms with Crippen LogP contribution in [-0.4, -0.2) is 62.3 Å². The molecule has 0 aliphatic rings. The normalized spacial score (nSPS) is 10.1. The van der Waals surface area contributed by atoms with Crippen LogP contribution in [0.2, 0.25) is 0 Å². The number of hydrogen-bond donors (Lipinski definition) is 2. The summed E-state index contributed by atoms with van der Waals surface area (Å²) in [6.07, 6.45) is 0. The third kappa shape index (κ3) is 5.57. The van der Waals surface area contributed by atoms with E-state index in [-0.39, 0.29) is 24.3 Å². The van der Waals surface area contributed by atoms with Crippen molar-refractivity contribution in [3.05, 3.63) is 59.7 Å². The lowest BCUT2D eigenvalue weighted by Gasteiger charge is -2.13. The van der Waals surface area contributed by atoms with Crippen LogP contribution in [0.3, 0.4) is 0 Å². The third-order valence-corrected chi connectivity index (χ3v) is 3.79. The molecule has 142 valence electrons. The van der Waals surface area contributed by atoms with Crippen molar-refractivity contribution in [3.63, 3.8) is 0 Å². The smallest absolute Gasteiger partial charge is 0.253 e. The van der Waals surface area contributed by atoms with Crippen LogP contribution in [0.25, 0.3) is 0 Å². The monoisotopic (exact) mass is 368 g/mol. The van der Waals surface area contributed by atoms with Gasteiger partial charge in [0.15, 0.2) is 0 Å². The summed E-state index contributed by atoms with van der Waals surface area (Å²) >= 11 is 0. The Morgan fingerprint density at radius 3 is 1.96 bits per heavy atom. The van der Waals surface area contributed by atoms with Crippen molar-refractivity contribution in [2.24, 2.45) is 0 Å². The van der Waals surface area contributed by atoms with Gasteiger partial charge in [-0.1, -0.05) is 6.07 Å². The van der Waals surface area contributed by atoms with E-state index in [2.05, 4.69) is 10.6 Å². The van der Waals surface area contributed by atoms with Crippen LogP contribution >= 0.6 is 0 Å². The first-order chi connectivity index (χ1) is 12.8. The molecular formula is C20H24N4O3. The Morgan fingerprint density at radius 1 is 0.778 bits per heavy atom. The van der Waals surface area contributed by atoms with Crippen LogP contribution in [0.1, 0.15) is 20.7 Å². The summed E-state index contributed by atoms with van der Waals surface area (Å²) in [6, 6.07) is 13.7. The van der Waals surface area contributed by atoms with Crippen molar-refractivity contribution < 1.29 is 14.4 Å². The number of nitrogens with zero attached hydrogens (tertiary/aromatic N) is 2. The van der Waals surface area contributed by atoms with Gasteiger partial charge >= 0.3 is 0 Å². The lowest BCUT2D eigenvalue weighted by atomic mass is 10.2. The molecule has 0 saturated carbocycles. The highest BCUT2D eigenvalue weighted by Crippen LogP contribution is 2.13. The quantitative estimate of drug-likeness (QED) is 0.819. The standard InChI is InChI=1S/C20H24N4O3/c1-23(2)19(26)14-8-10-16(11-9-14)22-18(25)13-21-17-7-5-6-15(12-17)20(27)24(3)4/h5-12,21H,13H2,1-4H3,(H,22,25). The van der Waals surface area contributed by atoms with E-state index in [0.717, 1.165) is 0 Å². The predicted octanol–water partition coefficient (Wildman–Crippen LogP) is 2.14. The lowest BCUT2D eigenvalue weighted by molar-refractivity contribution is -0.114. The molecule has 2 aromatic rings. The highest BCUT2D eigenvalue weighted by molar-refractivity contribution is 5.97. The maximum atomic E-state index is 12.1. The van der Waals surface area contributed by atoms with Gasteiger partial charge in [-0.25, -0.2) is 0 Å². The first-order valence-electron chi connectivity index (χ1n) is 8.45. The first kappa shape index (κ1) is 20.0. The van der Waals surface area contributed by atoms with E-state index in [0.29, 0.717) is 22.5 Å². The Kier molecular flexibility index (Phi) is 6.54. The van der Waals surface area contributed by atoms with E-state index in [1.165, 1.54) is 9.80 Å². The number of carbonyl (C=O) groups excluding carboxylic acids is 3. The molecule has 0 bridgehead atoms. The van der Waals surface area contributed by atoms with Crippen molar-refractivity contribution in [1.29, 1.82) is 0 Å². The zero-order valence-corrected chi connectivity index (χ0v) is 15.9. The van der Waals surface area contributed by atoms with Crippen LogP contribution in [0.15, 0.2) is 48.5 Å². The highest BCUT2D eigenvalue weighted by atomic mass is 16.2. The average Bonchev–Trinajstić information content (AvgIpc) is 2.66. The Morgan fingerprint density at radius 2 is 1.37 bits per heavy atom. The summed E-state index contributed by atoms with van der Waals surface area (Å²) in [5, 5.41) is 5.76. The van der Waals surface area contributed by atoms with Gasteiger partial charge in [0, 0.05) is 50.7 Å². The molecule has 0 heterocycles. The molecule has 3 amide bonds. The molecule has 0 unspecified atom stereocenters. The molecule has 0 aliphatic heterocycles. The van der Waals surface area contributed by atoms with Crippen molar-refractivity contribution in [2.45, 2.75) is 0 Å². The zero-order chi connectivity index (χ0) is 20.0. The lowest BCUT2D eigenvalue weighted by Crippen LogP contribution is -2.23. The van der Waals surface area contributed by atoms with Gasteiger partial charge < -0.3 is 20.4 Å². The Hall–Kier alpha value is -3.35. The zero-order valence-electron chi connectivity index (χ0n) is 15.9. The van der Waals surface area contributed by atoms with Crippen LogP contribution in [0, 0.1) is 0 Å². The Labute approximate surface area is 159 Å². The van der Waals surface area contributed by atoms with Crippen LogP contribution in [0.5, 0.6) is 0 Å². The van der Waals surface area contributed by atoms with E-state index >= 15 is 0 Å². The Balaban J connectivity index is 1.92. The van der Waals surface area contributed by atoms with Gasteiger partial charge in [0.2, 0.25) is 5.91 Å². The minimum absolute atomic E-state index is 0.0536. The largest absolute Gasteiger partial charge is 0.376 e. The van der Waals surface area contributed by atoms with E-state index in [9.17, 15) is 14.4 Å². The fourth-order valence-electron chi connectivity index (χ4n) is 2.36.